The van der Waals surface area contributed by atoms with Crippen LogP contribution in [0, 0.1) is 0 Å². The highest BCUT2D eigenvalue weighted by Crippen LogP contribution is 2.44. The van der Waals surface area contributed by atoms with Gasteiger partial charge in [-0.3, -0.25) is 0 Å². The van der Waals surface area contributed by atoms with E-state index in [4.69, 9.17) is 0 Å². The number of fused-ring (bicyclic) bond motifs is 10. The number of nitrogens with zero attached hydrogens (tertiary/aromatic N) is 1. The first-order valence-electron chi connectivity index (χ1n) is 11.0. The predicted molar refractivity (Wildman–Crippen MR) is 141 cm³/mol. The lowest BCUT2D eigenvalue weighted by molar-refractivity contribution is 1.24. The quantitative estimate of drug-likeness (QED) is 0.203. The molecule has 0 unspecified atom stereocenters. The van der Waals surface area contributed by atoms with Crippen molar-refractivity contribution < 1.29 is 0 Å². The van der Waals surface area contributed by atoms with E-state index in [0.717, 1.165) is 5.70 Å². The Bertz CT molecular complexity index is 1740. The smallest absolute Gasteiger partial charge is 0.0626 e. The van der Waals surface area contributed by atoms with Gasteiger partial charge in [0.2, 0.25) is 0 Å². The van der Waals surface area contributed by atoms with Crippen molar-refractivity contribution in [1.82, 2.24) is 4.57 Å². The number of hydrogen-bond donors (Lipinski definition) is 0. The molecule has 0 N–H and O–H groups in total. The standard InChI is InChI=1S/C31H23N/c1-3-11-22(12-4-2)32-28-20-19-21-13-5-6-14-23(21)29(28)30-26-17-9-7-15-24(26)25-16-8-10-18-27(25)31(30)32/h3-20H,1H2,2H3/b12-4-,22-11+. The average Bonchev–Trinajstić information content (AvgIpc) is 3.20. The molecule has 0 radical (unpaired) electrons. The Morgan fingerprint density at radius 2 is 1.31 bits per heavy atom. The molecule has 0 saturated heterocycles. The molecule has 1 nitrogen and oxygen atoms in total. The number of hydrogen-bond acceptors (Lipinski definition) is 0. The second-order valence-corrected chi connectivity index (χ2v) is 8.16. The van der Waals surface area contributed by atoms with Gasteiger partial charge in [0.15, 0.2) is 0 Å². The van der Waals surface area contributed by atoms with Crippen LogP contribution in [-0.2, 0) is 0 Å². The van der Waals surface area contributed by atoms with Crippen molar-refractivity contribution in [3.05, 3.63) is 116 Å². The van der Waals surface area contributed by atoms with Crippen LogP contribution < -0.4 is 0 Å². The largest absolute Gasteiger partial charge is 0.309 e. The van der Waals surface area contributed by atoms with Crippen molar-refractivity contribution in [3.63, 3.8) is 0 Å². The monoisotopic (exact) mass is 409 g/mol. The zero-order valence-electron chi connectivity index (χ0n) is 18.0. The summed E-state index contributed by atoms with van der Waals surface area (Å²) in [6, 6.07) is 30.8. The summed E-state index contributed by atoms with van der Waals surface area (Å²) in [5.74, 6) is 0. The van der Waals surface area contributed by atoms with Gasteiger partial charge in [-0.05, 0) is 52.1 Å². The lowest BCUT2D eigenvalue weighted by Gasteiger charge is -2.12. The van der Waals surface area contributed by atoms with Gasteiger partial charge in [-0.1, -0.05) is 97.6 Å². The van der Waals surface area contributed by atoms with Gasteiger partial charge in [0.1, 0.15) is 0 Å². The average molecular weight is 410 g/mol. The predicted octanol–water partition coefficient (Wildman–Crippen LogP) is 8.86. The molecule has 6 rings (SSSR count). The van der Waals surface area contributed by atoms with Crippen LogP contribution in [0.3, 0.4) is 0 Å². The van der Waals surface area contributed by atoms with Gasteiger partial charge in [-0.2, -0.15) is 0 Å². The normalized spacial score (nSPS) is 12.7. The molecule has 0 saturated carbocycles. The minimum absolute atomic E-state index is 1.11. The molecule has 0 fully saturated rings. The van der Waals surface area contributed by atoms with Crippen LogP contribution in [0.2, 0.25) is 0 Å². The number of allylic oxidation sites excluding steroid dienone is 5. The molecule has 32 heavy (non-hydrogen) atoms. The van der Waals surface area contributed by atoms with Crippen LogP contribution in [0.15, 0.2) is 116 Å². The summed E-state index contributed by atoms with van der Waals surface area (Å²) in [4.78, 5) is 0. The summed E-state index contributed by atoms with van der Waals surface area (Å²) >= 11 is 0. The molecule has 1 aromatic heterocycles. The van der Waals surface area contributed by atoms with E-state index in [2.05, 4.69) is 121 Å². The Kier molecular flexibility index (Phi) is 4.22. The fraction of sp³-hybridized carbons (Fsp3) is 0.0323. The first kappa shape index (κ1) is 18.7. The Morgan fingerprint density at radius 3 is 2.03 bits per heavy atom. The highest BCUT2D eigenvalue weighted by Gasteiger charge is 2.20. The number of rotatable bonds is 3. The van der Waals surface area contributed by atoms with Gasteiger partial charge in [-0.15, -0.1) is 0 Å². The van der Waals surface area contributed by atoms with Gasteiger partial charge >= 0.3 is 0 Å². The van der Waals surface area contributed by atoms with Crippen molar-refractivity contribution in [3.8, 4) is 0 Å². The Morgan fingerprint density at radius 1 is 0.688 bits per heavy atom. The minimum Gasteiger partial charge on any atom is -0.309 e. The van der Waals surface area contributed by atoms with Crippen LogP contribution in [0.4, 0.5) is 0 Å². The van der Waals surface area contributed by atoms with Crippen molar-refractivity contribution in [2.24, 2.45) is 0 Å². The Balaban J connectivity index is 2.04. The molecule has 0 aliphatic rings. The summed E-state index contributed by atoms with van der Waals surface area (Å²) in [7, 11) is 0. The van der Waals surface area contributed by atoms with E-state index in [9.17, 15) is 0 Å². The zero-order valence-corrected chi connectivity index (χ0v) is 18.0. The molecule has 0 atom stereocenters. The van der Waals surface area contributed by atoms with Gasteiger partial charge in [0.25, 0.3) is 0 Å². The lowest BCUT2D eigenvalue weighted by atomic mass is 9.95. The molecule has 6 aromatic rings. The van der Waals surface area contributed by atoms with Crippen LogP contribution in [0.5, 0.6) is 0 Å². The van der Waals surface area contributed by atoms with Crippen molar-refractivity contribution in [2.75, 3.05) is 0 Å². The van der Waals surface area contributed by atoms with Crippen LogP contribution in [-0.4, -0.2) is 4.57 Å². The van der Waals surface area contributed by atoms with Gasteiger partial charge in [-0.25, -0.2) is 0 Å². The molecule has 5 aromatic carbocycles. The molecule has 0 bridgehead atoms. The molecular formula is C31H23N. The first-order chi connectivity index (χ1) is 15.8. The maximum atomic E-state index is 3.99. The second kappa shape index (κ2) is 7.25. The molecule has 1 heteroatoms. The van der Waals surface area contributed by atoms with Gasteiger partial charge in [0.05, 0.1) is 11.0 Å². The fourth-order valence-corrected chi connectivity index (χ4v) is 5.20. The summed E-state index contributed by atoms with van der Waals surface area (Å²) in [6.45, 7) is 6.05. The maximum absolute atomic E-state index is 3.99. The third kappa shape index (κ3) is 2.52. The highest BCUT2D eigenvalue weighted by molar-refractivity contribution is 6.36. The van der Waals surface area contributed by atoms with E-state index >= 15 is 0 Å². The lowest BCUT2D eigenvalue weighted by Crippen LogP contribution is -1.95. The third-order valence-corrected chi connectivity index (χ3v) is 6.41. The summed E-state index contributed by atoms with van der Waals surface area (Å²) < 4.78 is 2.41. The molecular weight excluding hydrogens is 386 g/mol. The summed E-state index contributed by atoms with van der Waals surface area (Å²) in [5.41, 5.74) is 3.57. The molecule has 152 valence electrons. The van der Waals surface area contributed by atoms with E-state index in [1.807, 2.05) is 6.08 Å². The topological polar surface area (TPSA) is 4.93 Å². The van der Waals surface area contributed by atoms with Gasteiger partial charge in [0, 0.05) is 21.9 Å². The number of benzene rings is 5. The van der Waals surface area contributed by atoms with Crippen LogP contribution in [0.25, 0.3) is 59.8 Å². The molecule has 0 amide bonds. The molecule has 0 aliphatic carbocycles. The van der Waals surface area contributed by atoms with Gasteiger partial charge < -0.3 is 4.57 Å². The maximum Gasteiger partial charge on any atom is 0.0626 e. The van der Waals surface area contributed by atoms with Crippen molar-refractivity contribution >= 4 is 59.8 Å². The van der Waals surface area contributed by atoms with E-state index in [1.54, 1.807) is 0 Å². The number of aromatic nitrogens is 1. The second-order valence-electron chi connectivity index (χ2n) is 8.16. The SMILES string of the molecule is C=C/C=C(\C=C/C)n1c2ccc3ccccc3c2c2c3ccccc3c3ccccc3c21. The van der Waals surface area contributed by atoms with E-state index in [1.165, 1.54) is 54.1 Å². The van der Waals surface area contributed by atoms with E-state index < -0.39 is 0 Å². The van der Waals surface area contributed by atoms with Crippen LogP contribution in [0.1, 0.15) is 6.92 Å². The fourth-order valence-electron chi connectivity index (χ4n) is 5.20. The van der Waals surface area contributed by atoms with E-state index in [-0.39, 0.29) is 0 Å². The van der Waals surface area contributed by atoms with Crippen LogP contribution >= 0.6 is 0 Å². The Labute approximate surface area is 187 Å². The summed E-state index contributed by atoms with van der Waals surface area (Å²) in [6.07, 6.45) is 8.23. The summed E-state index contributed by atoms with van der Waals surface area (Å²) in [5, 5.41) is 10.3. The van der Waals surface area contributed by atoms with Crippen molar-refractivity contribution in [1.29, 1.82) is 0 Å². The highest BCUT2D eigenvalue weighted by atomic mass is 15.0. The minimum atomic E-state index is 1.11. The van der Waals surface area contributed by atoms with E-state index in [0.29, 0.717) is 0 Å². The Hall–Kier alpha value is -4.10. The van der Waals surface area contributed by atoms with Crippen molar-refractivity contribution in [2.45, 2.75) is 6.92 Å². The molecule has 0 spiro atoms. The zero-order chi connectivity index (χ0) is 21.7. The molecule has 1 heterocycles. The third-order valence-electron chi connectivity index (χ3n) is 6.41. The first-order valence-corrected chi connectivity index (χ1v) is 11.0. The molecule has 0 aliphatic heterocycles.